The van der Waals surface area contributed by atoms with Crippen LogP contribution in [-0.4, -0.2) is 29.7 Å². The van der Waals surface area contributed by atoms with Crippen molar-refractivity contribution in [3.05, 3.63) is 22.1 Å². The average Bonchev–Trinajstić information content (AvgIpc) is 2.26. The van der Waals surface area contributed by atoms with Gasteiger partial charge in [-0.15, -0.1) is 0 Å². The summed E-state index contributed by atoms with van der Waals surface area (Å²) in [6.45, 7) is 1.90. The van der Waals surface area contributed by atoms with E-state index in [0.717, 1.165) is 0 Å². The van der Waals surface area contributed by atoms with Gasteiger partial charge in [-0.05, 0) is 6.92 Å². The van der Waals surface area contributed by atoms with Gasteiger partial charge in [-0.3, -0.25) is 14.2 Å². The molecule has 0 aliphatic carbocycles. The first-order valence-electron chi connectivity index (χ1n) is 4.77. The van der Waals surface area contributed by atoms with Gasteiger partial charge < -0.3 is 9.47 Å². The summed E-state index contributed by atoms with van der Waals surface area (Å²) in [5, 5.41) is 0. The molecule has 0 radical (unpaired) electrons. The number of carbonyl (C=O) groups is 1. The Kier molecular flexibility index (Phi) is 4.04. The summed E-state index contributed by atoms with van der Waals surface area (Å²) in [4.78, 5) is 26.6. The zero-order chi connectivity index (χ0) is 12.1. The molecule has 1 aromatic heterocycles. The normalized spacial score (nSPS) is 9.94. The van der Waals surface area contributed by atoms with Gasteiger partial charge in [0.15, 0.2) is 0 Å². The minimum absolute atomic E-state index is 0.109. The molecule has 0 unspecified atom stereocenters. The van der Waals surface area contributed by atoms with Crippen molar-refractivity contribution in [3.8, 4) is 6.01 Å². The van der Waals surface area contributed by atoms with E-state index in [1.165, 1.54) is 24.9 Å². The van der Waals surface area contributed by atoms with Crippen LogP contribution in [0.3, 0.4) is 0 Å². The summed E-state index contributed by atoms with van der Waals surface area (Å²) in [5.41, 5.74) is 0.337. The highest BCUT2D eigenvalue weighted by molar-refractivity contribution is 5.68. The van der Waals surface area contributed by atoms with E-state index in [9.17, 15) is 9.59 Å². The van der Waals surface area contributed by atoms with Crippen LogP contribution in [0, 0.1) is 6.92 Å². The van der Waals surface area contributed by atoms with E-state index >= 15 is 0 Å². The van der Waals surface area contributed by atoms with E-state index in [2.05, 4.69) is 9.72 Å². The van der Waals surface area contributed by atoms with Gasteiger partial charge in [-0.2, -0.15) is 0 Å². The third-order valence-corrected chi connectivity index (χ3v) is 2.05. The van der Waals surface area contributed by atoms with Crippen LogP contribution in [0.2, 0.25) is 0 Å². The molecule has 0 amide bonds. The first kappa shape index (κ1) is 12.2. The summed E-state index contributed by atoms with van der Waals surface area (Å²) < 4.78 is 10.8. The lowest BCUT2D eigenvalue weighted by Gasteiger charge is -2.09. The zero-order valence-electron chi connectivity index (χ0n) is 9.52. The highest BCUT2D eigenvalue weighted by atomic mass is 16.5. The van der Waals surface area contributed by atoms with Crippen molar-refractivity contribution in [2.75, 3.05) is 14.2 Å². The maximum atomic E-state index is 11.6. The predicted octanol–water partition coefficient (Wildman–Crippen LogP) is 0.123. The third-order valence-electron chi connectivity index (χ3n) is 2.05. The van der Waals surface area contributed by atoms with Crippen LogP contribution in [0.15, 0.2) is 10.9 Å². The molecule has 0 aliphatic rings. The smallest absolute Gasteiger partial charge is 0.307 e. The summed E-state index contributed by atoms with van der Waals surface area (Å²) >= 11 is 0. The lowest BCUT2D eigenvalue weighted by atomic mass is 10.4. The number of aryl methyl sites for hydroxylation is 1. The number of aromatic nitrogens is 2. The number of esters is 1. The van der Waals surface area contributed by atoms with Crippen molar-refractivity contribution in [3.63, 3.8) is 0 Å². The number of nitrogens with zero attached hydrogens (tertiary/aromatic N) is 2. The minimum Gasteiger partial charge on any atom is -0.469 e. The fraction of sp³-hybridized carbons (Fsp3) is 0.500. The molecule has 1 heterocycles. The molecule has 0 N–H and O–H groups in total. The van der Waals surface area contributed by atoms with Gasteiger partial charge in [0.05, 0.1) is 20.6 Å². The minimum atomic E-state index is -0.380. The SMILES string of the molecule is COC(=O)CCn1c(OC)nc(C)cc1=O. The molecule has 0 aliphatic heterocycles. The van der Waals surface area contributed by atoms with Gasteiger partial charge in [0, 0.05) is 18.3 Å². The number of carbonyl (C=O) groups excluding carboxylic acids is 1. The molecule has 0 atom stereocenters. The Morgan fingerprint density at radius 3 is 2.75 bits per heavy atom. The average molecular weight is 226 g/mol. The molecule has 16 heavy (non-hydrogen) atoms. The maximum Gasteiger partial charge on any atom is 0.307 e. The van der Waals surface area contributed by atoms with Gasteiger partial charge in [0.2, 0.25) is 0 Å². The molecule has 0 saturated carbocycles. The van der Waals surface area contributed by atoms with Crippen LogP contribution in [0.1, 0.15) is 12.1 Å². The molecule has 6 nitrogen and oxygen atoms in total. The molecule has 88 valence electrons. The van der Waals surface area contributed by atoms with Crippen molar-refractivity contribution in [1.82, 2.24) is 9.55 Å². The van der Waals surface area contributed by atoms with Gasteiger partial charge >= 0.3 is 5.97 Å². The molecule has 0 spiro atoms. The molecule has 6 heteroatoms. The Hall–Kier alpha value is -1.85. The van der Waals surface area contributed by atoms with Gasteiger partial charge in [-0.25, -0.2) is 4.98 Å². The largest absolute Gasteiger partial charge is 0.469 e. The molecule has 0 aromatic carbocycles. The van der Waals surface area contributed by atoms with E-state index in [4.69, 9.17) is 4.74 Å². The molecule has 0 bridgehead atoms. The van der Waals surface area contributed by atoms with Gasteiger partial charge in [-0.1, -0.05) is 0 Å². The van der Waals surface area contributed by atoms with Crippen LogP contribution in [0.4, 0.5) is 0 Å². The number of rotatable bonds is 4. The first-order chi connectivity index (χ1) is 7.58. The number of methoxy groups -OCH3 is 2. The van der Waals surface area contributed by atoms with E-state index in [-0.39, 0.29) is 30.5 Å². The molecular formula is C10H14N2O4. The third kappa shape index (κ3) is 2.82. The second-order valence-electron chi connectivity index (χ2n) is 3.20. The monoisotopic (exact) mass is 226 g/mol. The van der Waals surface area contributed by atoms with Crippen molar-refractivity contribution in [2.45, 2.75) is 19.9 Å². The highest BCUT2D eigenvalue weighted by Crippen LogP contribution is 2.05. The Morgan fingerprint density at radius 1 is 1.50 bits per heavy atom. The molecule has 0 fully saturated rings. The molecule has 1 aromatic rings. The fourth-order valence-electron chi connectivity index (χ4n) is 1.26. The molecule has 1 rings (SSSR count). The van der Waals surface area contributed by atoms with E-state index in [1.54, 1.807) is 6.92 Å². The van der Waals surface area contributed by atoms with Crippen molar-refractivity contribution in [1.29, 1.82) is 0 Å². The van der Waals surface area contributed by atoms with Gasteiger partial charge in [0.25, 0.3) is 11.6 Å². The maximum absolute atomic E-state index is 11.6. The summed E-state index contributed by atoms with van der Waals surface area (Å²) in [6, 6.07) is 1.59. The summed E-state index contributed by atoms with van der Waals surface area (Å²) in [7, 11) is 2.73. The predicted molar refractivity (Wildman–Crippen MR) is 56.4 cm³/mol. The molecule has 0 saturated heterocycles. The van der Waals surface area contributed by atoms with Crippen molar-refractivity contribution >= 4 is 5.97 Å². The van der Waals surface area contributed by atoms with E-state index in [0.29, 0.717) is 5.69 Å². The lowest BCUT2D eigenvalue weighted by molar-refractivity contribution is -0.140. The second-order valence-corrected chi connectivity index (χ2v) is 3.20. The quantitative estimate of drug-likeness (QED) is 0.682. The van der Waals surface area contributed by atoms with Crippen molar-refractivity contribution in [2.24, 2.45) is 0 Å². The van der Waals surface area contributed by atoms with Crippen molar-refractivity contribution < 1.29 is 14.3 Å². The zero-order valence-corrected chi connectivity index (χ0v) is 9.52. The van der Waals surface area contributed by atoms with Crippen LogP contribution in [-0.2, 0) is 16.1 Å². The Balaban J connectivity index is 2.94. The highest BCUT2D eigenvalue weighted by Gasteiger charge is 2.09. The Bertz CT molecular complexity index is 439. The first-order valence-corrected chi connectivity index (χ1v) is 4.77. The van der Waals surface area contributed by atoms with Crippen LogP contribution >= 0.6 is 0 Å². The van der Waals surface area contributed by atoms with Gasteiger partial charge in [0.1, 0.15) is 0 Å². The Labute approximate surface area is 92.8 Å². The van der Waals surface area contributed by atoms with Crippen LogP contribution < -0.4 is 10.3 Å². The number of hydrogen-bond acceptors (Lipinski definition) is 5. The van der Waals surface area contributed by atoms with Crippen LogP contribution in [0.25, 0.3) is 0 Å². The summed E-state index contributed by atoms with van der Waals surface area (Å²) in [5.74, 6) is -0.380. The second kappa shape index (κ2) is 5.29. The van der Waals surface area contributed by atoms with E-state index < -0.39 is 0 Å². The van der Waals surface area contributed by atoms with Crippen LogP contribution in [0.5, 0.6) is 6.01 Å². The lowest BCUT2D eigenvalue weighted by Crippen LogP contribution is -2.24. The number of hydrogen-bond donors (Lipinski definition) is 0. The Morgan fingerprint density at radius 2 is 2.19 bits per heavy atom. The standard InChI is InChI=1S/C10H14N2O4/c1-7-6-8(13)12(10(11-7)16-3)5-4-9(14)15-2/h6H,4-5H2,1-3H3. The molecular weight excluding hydrogens is 212 g/mol. The fourth-order valence-corrected chi connectivity index (χ4v) is 1.26. The topological polar surface area (TPSA) is 70.4 Å². The summed E-state index contributed by atoms with van der Waals surface area (Å²) in [6.07, 6.45) is 0.109. The number of ether oxygens (including phenoxy) is 2. The van der Waals surface area contributed by atoms with E-state index in [1.807, 2.05) is 0 Å².